The van der Waals surface area contributed by atoms with Crippen molar-refractivity contribution in [3.05, 3.63) is 58.0 Å². The maximum Gasteiger partial charge on any atom is 0.120 e. The molecule has 1 N–H and O–H groups in total. The van der Waals surface area contributed by atoms with Crippen LogP contribution < -0.4 is 0 Å². The molecule has 1 fully saturated rings. The lowest BCUT2D eigenvalue weighted by molar-refractivity contribution is 0.121. The third-order valence-electron chi connectivity index (χ3n) is 4.91. The number of nitrogens with zero attached hydrogens (tertiary/aromatic N) is 3. The molecular formula is C20H23N3OS. The molecule has 1 aliphatic heterocycles. The Kier molecular flexibility index (Phi) is 4.70. The molecule has 0 atom stereocenters. The number of hydrogen-bond acceptors (Lipinski definition) is 5. The Morgan fingerprint density at radius 3 is 2.44 bits per heavy atom. The normalized spacial score (nSPS) is 16.5. The van der Waals surface area contributed by atoms with Gasteiger partial charge in [0.1, 0.15) is 5.75 Å². The van der Waals surface area contributed by atoms with Crippen molar-refractivity contribution in [2.75, 3.05) is 26.2 Å². The van der Waals surface area contributed by atoms with Crippen LogP contribution in [0.5, 0.6) is 5.75 Å². The van der Waals surface area contributed by atoms with Gasteiger partial charge in [0.05, 0.1) is 10.7 Å². The number of rotatable bonds is 4. The standard InChI is InChI=1S/C20H23N3OS/c1-15-21-17(14-25-15)12-22-8-10-23(11-9-22)13-19-18-5-3-2-4-16(18)6-7-20(19)24/h2-7,14,24H,8-13H2,1H3. The van der Waals surface area contributed by atoms with E-state index in [-0.39, 0.29) is 0 Å². The molecule has 3 aromatic rings. The van der Waals surface area contributed by atoms with Gasteiger partial charge >= 0.3 is 0 Å². The second-order valence-corrected chi connectivity index (χ2v) is 7.76. The van der Waals surface area contributed by atoms with Crippen LogP contribution in [0.15, 0.2) is 41.8 Å². The number of thiazole rings is 1. The number of aryl methyl sites for hydroxylation is 1. The minimum atomic E-state index is 0.402. The molecule has 5 heteroatoms. The van der Waals surface area contributed by atoms with E-state index in [0.29, 0.717) is 5.75 Å². The average molecular weight is 353 g/mol. The fraction of sp³-hybridized carbons (Fsp3) is 0.350. The van der Waals surface area contributed by atoms with Gasteiger partial charge in [-0.3, -0.25) is 9.80 Å². The second-order valence-electron chi connectivity index (χ2n) is 6.69. The highest BCUT2D eigenvalue weighted by Crippen LogP contribution is 2.28. The molecule has 0 unspecified atom stereocenters. The van der Waals surface area contributed by atoms with E-state index in [2.05, 4.69) is 39.2 Å². The van der Waals surface area contributed by atoms with E-state index < -0.39 is 0 Å². The molecule has 0 aliphatic carbocycles. The number of aromatic nitrogens is 1. The van der Waals surface area contributed by atoms with E-state index in [1.54, 1.807) is 11.3 Å². The second kappa shape index (κ2) is 7.12. The molecule has 1 aliphatic rings. The van der Waals surface area contributed by atoms with Crippen molar-refractivity contribution in [1.29, 1.82) is 0 Å². The van der Waals surface area contributed by atoms with Gasteiger partial charge in [0.15, 0.2) is 0 Å². The molecule has 2 heterocycles. The highest BCUT2D eigenvalue weighted by atomic mass is 32.1. The molecule has 0 bridgehead atoms. The highest BCUT2D eigenvalue weighted by molar-refractivity contribution is 7.09. The number of hydrogen-bond donors (Lipinski definition) is 1. The Hall–Kier alpha value is -1.95. The van der Waals surface area contributed by atoms with Gasteiger partial charge in [0, 0.05) is 50.2 Å². The Balaban J connectivity index is 1.41. The Labute approximate surface area is 152 Å². The van der Waals surface area contributed by atoms with Gasteiger partial charge in [0.2, 0.25) is 0 Å². The van der Waals surface area contributed by atoms with Crippen LogP contribution in [0.2, 0.25) is 0 Å². The number of fused-ring (bicyclic) bond motifs is 1. The van der Waals surface area contributed by atoms with Gasteiger partial charge in [-0.05, 0) is 23.8 Å². The van der Waals surface area contributed by atoms with Crippen molar-refractivity contribution in [1.82, 2.24) is 14.8 Å². The lowest BCUT2D eigenvalue weighted by Crippen LogP contribution is -2.45. The fourth-order valence-electron chi connectivity index (χ4n) is 3.53. The molecule has 1 saturated heterocycles. The van der Waals surface area contributed by atoms with E-state index in [0.717, 1.165) is 55.2 Å². The summed E-state index contributed by atoms with van der Waals surface area (Å²) in [6, 6.07) is 12.1. The summed E-state index contributed by atoms with van der Waals surface area (Å²) in [4.78, 5) is 9.47. The first-order chi connectivity index (χ1) is 12.2. The van der Waals surface area contributed by atoms with Crippen molar-refractivity contribution in [3.63, 3.8) is 0 Å². The summed E-state index contributed by atoms with van der Waals surface area (Å²) < 4.78 is 0. The third kappa shape index (κ3) is 3.68. The summed E-state index contributed by atoms with van der Waals surface area (Å²) in [7, 11) is 0. The Morgan fingerprint density at radius 1 is 1.00 bits per heavy atom. The molecule has 0 radical (unpaired) electrons. The zero-order valence-corrected chi connectivity index (χ0v) is 15.3. The van der Waals surface area contributed by atoms with Crippen LogP contribution in [0.4, 0.5) is 0 Å². The van der Waals surface area contributed by atoms with Crippen molar-refractivity contribution < 1.29 is 5.11 Å². The molecule has 4 nitrogen and oxygen atoms in total. The van der Waals surface area contributed by atoms with Crippen LogP contribution in [-0.4, -0.2) is 46.1 Å². The summed E-state index contributed by atoms with van der Waals surface area (Å²) in [5.74, 6) is 0.402. The van der Waals surface area contributed by atoms with E-state index in [1.165, 1.54) is 11.1 Å². The predicted molar refractivity (Wildman–Crippen MR) is 103 cm³/mol. The Morgan fingerprint density at radius 2 is 1.72 bits per heavy atom. The van der Waals surface area contributed by atoms with Crippen molar-refractivity contribution in [2.24, 2.45) is 0 Å². The number of piperazine rings is 1. The SMILES string of the molecule is Cc1nc(CN2CCN(Cc3c(O)ccc4ccccc34)CC2)cs1. The molecule has 4 rings (SSSR count). The average Bonchev–Trinajstić information content (AvgIpc) is 3.04. The molecule has 0 amide bonds. The minimum Gasteiger partial charge on any atom is -0.508 e. The van der Waals surface area contributed by atoms with Gasteiger partial charge in [-0.15, -0.1) is 11.3 Å². The fourth-order valence-corrected chi connectivity index (χ4v) is 4.13. The van der Waals surface area contributed by atoms with Gasteiger partial charge in [-0.2, -0.15) is 0 Å². The Bertz CT molecular complexity index is 868. The van der Waals surface area contributed by atoms with Crippen LogP contribution in [0.1, 0.15) is 16.3 Å². The van der Waals surface area contributed by atoms with Gasteiger partial charge in [-0.25, -0.2) is 4.98 Å². The van der Waals surface area contributed by atoms with Crippen LogP contribution in [0.25, 0.3) is 10.8 Å². The van der Waals surface area contributed by atoms with E-state index in [1.807, 2.05) is 24.3 Å². The summed E-state index contributed by atoms with van der Waals surface area (Å²) >= 11 is 1.72. The monoisotopic (exact) mass is 353 g/mol. The van der Waals surface area contributed by atoms with E-state index in [4.69, 9.17) is 0 Å². The largest absolute Gasteiger partial charge is 0.508 e. The van der Waals surface area contributed by atoms with Crippen LogP contribution in [-0.2, 0) is 13.1 Å². The van der Waals surface area contributed by atoms with E-state index >= 15 is 0 Å². The van der Waals surface area contributed by atoms with E-state index in [9.17, 15) is 5.11 Å². The molecular weight excluding hydrogens is 330 g/mol. The lowest BCUT2D eigenvalue weighted by atomic mass is 10.0. The smallest absolute Gasteiger partial charge is 0.120 e. The first-order valence-corrected chi connectivity index (χ1v) is 9.62. The van der Waals surface area contributed by atoms with Gasteiger partial charge in [0.25, 0.3) is 0 Å². The summed E-state index contributed by atoms with van der Waals surface area (Å²) in [6.45, 7) is 7.93. The quantitative estimate of drug-likeness (QED) is 0.777. The van der Waals surface area contributed by atoms with Crippen LogP contribution >= 0.6 is 11.3 Å². The van der Waals surface area contributed by atoms with Gasteiger partial charge in [-0.1, -0.05) is 30.3 Å². The van der Waals surface area contributed by atoms with Crippen molar-refractivity contribution >= 4 is 22.1 Å². The lowest BCUT2D eigenvalue weighted by Gasteiger charge is -2.34. The number of phenols is 1. The minimum absolute atomic E-state index is 0.402. The summed E-state index contributed by atoms with van der Waals surface area (Å²) in [6.07, 6.45) is 0. The topological polar surface area (TPSA) is 39.6 Å². The number of benzene rings is 2. The summed E-state index contributed by atoms with van der Waals surface area (Å²) in [5, 5.41) is 16.0. The molecule has 2 aromatic carbocycles. The molecule has 0 saturated carbocycles. The summed E-state index contributed by atoms with van der Waals surface area (Å²) in [5.41, 5.74) is 2.23. The first kappa shape index (κ1) is 16.5. The number of aromatic hydroxyl groups is 1. The van der Waals surface area contributed by atoms with Crippen LogP contribution in [0.3, 0.4) is 0 Å². The predicted octanol–water partition coefficient (Wildman–Crippen LogP) is 3.63. The zero-order chi connectivity index (χ0) is 17.2. The third-order valence-corrected chi connectivity index (χ3v) is 5.74. The molecule has 130 valence electrons. The maximum absolute atomic E-state index is 10.3. The van der Waals surface area contributed by atoms with Crippen molar-refractivity contribution in [2.45, 2.75) is 20.0 Å². The molecule has 25 heavy (non-hydrogen) atoms. The molecule has 1 aromatic heterocycles. The number of phenolic OH excluding ortho intramolecular Hbond substituents is 1. The maximum atomic E-state index is 10.3. The zero-order valence-electron chi connectivity index (χ0n) is 14.5. The van der Waals surface area contributed by atoms with Crippen molar-refractivity contribution in [3.8, 4) is 5.75 Å². The van der Waals surface area contributed by atoms with Crippen LogP contribution in [0, 0.1) is 6.92 Å². The molecule has 0 spiro atoms. The van der Waals surface area contributed by atoms with Gasteiger partial charge < -0.3 is 5.11 Å². The highest BCUT2D eigenvalue weighted by Gasteiger charge is 2.19. The first-order valence-electron chi connectivity index (χ1n) is 8.74.